The van der Waals surface area contributed by atoms with Crippen molar-refractivity contribution in [2.45, 2.75) is 31.0 Å². The molecule has 4 aromatic rings. The highest BCUT2D eigenvalue weighted by atomic mass is 19.4. The number of anilines is 2. The van der Waals surface area contributed by atoms with Crippen molar-refractivity contribution in [3.63, 3.8) is 0 Å². The largest absolute Gasteiger partial charge is 0.490 e. The zero-order valence-corrected chi connectivity index (χ0v) is 21.9. The van der Waals surface area contributed by atoms with Crippen molar-refractivity contribution in [1.29, 1.82) is 0 Å². The number of aliphatic carboxylic acids is 1. The number of fused-ring (bicyclic) bond motifs is 1. The molecule has 42 heavy (non-hydrogen) atoms. The average Bonchev–Trinajstić information content (AvgIpc) is 3.58. The number of nitrogens with two attached hydrogens (primary N) is 1. The Morgan fingerprint density at radius 1 is 1.05 bits per heavy atom. The van der Waals surface area contributed by atoms with E-state index in [1.54, 1.807) is 30.7 Å². The summed E-state index contributed by atoms with van der Waals surface area (Å²) in [5.41, 5.74) is 9.96. The number of nitrogens with zero attached hydrogens (tertiary/aromatic N) is 3. The SMILES string of the molecule is Nc1cc(-c2nc(C(=O)Nc3cc4c(cc3-c3ccncc3)OC3(CCNCC3)C4)co2)ccn1.O=C(O)C(F)(F)F. The molecule has 2 aliphatic rings. The van der Waals surface area contributed by atoms with Crippen LogP contribution >= 0.6 is 0 Å². The van der Waals surface area contributed by atoms with Gasteiger partial charge in [-0.1, -0.05) is 0 Å². The molecule has 218 valence electrons. The molecule has 1 amide bonds. The minimum atomic E-state index is -5.08. The number of halogens is 3. The lowest BCUT2D eigenvalue weighted by Crippen LogP contribution is -2.45. The Hall–Kier alpha value is -4.98. The third-order valence-electron chi connectivity index (χ3n) is 6.80. The molecule has 1 saturated heterocycles. The van der Waals surface area contributed by atoms with Crippen LogP contribution in [-0.2, 0) is 11.2 Å². The summed E-state index contributed by atoms with van der Waals surface area (Å²) in [4.78, 5) is 34.5. The van der Waals surface area contributed by atoms with E-state index in [1.807, 2.05) is 24.3 Å². The summed E-state index contributed by atoms with van der Waals surface area (Å²) in [5.74, 6) is -1.61. The van der Waals surface area contributed by atoms with E-state index >= 15 is 0 Å². The summed E-state index contributed by atoms with van der Waals surface area (Å²) < 4.78 is 43.8. The fraction of sp³-hybridized carbons (Fsp3) is 0.250. The molecule has 0 bridgehead atoms. The van der Waals surface area contributed by atoms with Crippen molar-refractivity contribution < 1.29 is 37.0 Å². The average molecular weight is 583 g/mol. The van der Waals surface area contributed by atoms with E-state index in [2.05, 4.69) is 25.6 Å². The van der Waals surface area contributed by atoms with Gasteiger partial charge in [0.25, 0.3) is 5.91 Å². The van der Waals surface area contributed by atoms with E-state index in [1.165, 1.54) is 6.26 Å². The van der Waals surface area contributed by atoms with E-state index < -0.39 is 12.1 Å². The Kier molecular flexibility index (Phi) is 7.81. The van der Waals surface area contributed by atoms with E-state index in [4.69, 9.17) is 24.8 Å². The number of ether oxygens (including phenoxy) is 1. The molecule has 1 aromatic carbocycles. The number of alkyl halides is 3. The van der Waals surface area contributed by atoms with Gasteiger partial charge in [0.15, 0.2) is 5.69 Å². The van der Waals surface area contributed by atoms with Gasteiger partial charge in [-0.3, -0.25) is 9.78 Å². The highest BCUT2D eigenvalue weighted by molar-refractivity contribution is 6.05. The third-order valence-corrected chi connectivity index (χ3v) is 6.80. The van der Waals surface area contributed by atoms with Gasteiger partial charge in [0.2, 0.25) is 5.89 Å². The number of amides is 1. The molecular formula is C28H25F3N6O5. The highest BCUT2D eigenvalue weighted by Gasteiger charge is 2.41. The molecular weight excluding hydrogens is 557 g/mol. The highest BCUT2D eigenvalue weighted by Crippen LogP contribution is 2.44. The van der Waals surface area contributed by atoms with Crippen LogP contribution in [0.4, 0.5) is 24.7 Å². The molecule has 5 N–H and O–H groups in total. The van der Waals surface area contributed by atoms with Crippen molar-refractivity contribution in [2.75, 3.05) is 24.1 Å². The number of carboxylic acid groups (broad SMARTS) is 1. The first-order valence-corrected chi connectivity index (χ1v) is 12.8. The fourth-order valence-corrected chi connectivity index (χ4v) is 4.79. The number of benzene rings is 1. The second-order valence-electron chi connectivity index (χ2n) is 9.72. The maximum atomic E-state index is 13.2. The summed E-state index contributed by atoms with van der Waals surface area (Å²) in [6, 6.07) is 11.2. The molecule has 0 saturated carbocycles. The van der Waals surface area contributed by atoms with Crippen molar-refractivity contribution in [3.8, 4) is 28.3 Å². The topological polar surface area (TPSA) is 165 Å². The number of nitrogens with one attached hydrogen (secondary N) is 2. The number of pyridine rings is 2. The van der Waals surface area contributed by atoms with Gasteiger partial charge in [0, 0.05) is 47.4 Å². The molecule has 14 heteroatoms. The molecule has 0 unspecified atom stereocenters. The Bertz CT molecular complexity index is 1600. The van der Waals surface area contributed by atoms with Gasteiger partial charge in [-0.05, 0) is 67.9 Å². The van der Waals surface area contributed by atoms with E-state index in [0.29, 0.717) is 23.0 Å². The third kappa shape index (κ3) is 6.33. The number of nitrogen functional groups attached to an aromatic ring is 1. The van der Waals surface area contributed by atoms with Gasteiger partial charge in [0.05, 0.1) is 0 Å². The van der Waals surface area contributed by atoms with Gasteiger partial charge in [0.1, 0.15) is 23.4 Å². The standard InChI is InChI=1S/C26H24N6O3.C2HF3O2/c27-23-12-17(3-8-30-23)25-32-21(15-34-25)24(33)31-20-11-18-14-26(4-9-29-10-5-26)35-22(18)13-19(20)16-1-6-28-7-2-16;3-2(4,5)1(6)7/h1-3,6-8,11-13,15,29H,4-5,9-10,14H2,(H2,27,30)(H,31,33);(H,6,7). The zero-order valence-electron chi connectivity index (χ0n) is 21.9. The number of carboxylic acids is 1. The summed E-state index contributed by atoms with van der Waals surface area (Å²) in [6.07, 6.45) is 4.01. The molecule has 6 rings (SSSR count). The van der Waals surface area contributed by atoms with Gasteiger partial charge >= 0.3 is 12.1 Å². The fourth-order valence-electron chi connectivity index (χ4n) is 4.79. The predicted molar refractivity (Wildman–Crippen MR) is 145 cm³/mol. The van der Waals surface area contributed by atoms with Crippen molar-refractivity contribution in [2.24, 2.45) is 0 Å². The first-order valence-electron chi connectivity index (χ1n) is 12.8. The number of oxazole rings is 1. The maximum absolute atomic E-state index is 13.2. The van der Waals surface area contributed by atoms with Crippen LogP contribution in [0.5, 0.6) is 5.75 Å². The first kappa shape index (κ1) is 28.5. The minimum Gasteiger partial charge on any atom is -0.487 e. The number of hydrogen-bond donors (Lipinski definition) is 4. The summed E-state index contributed by atoms with van der Waals surface area (Å²) >= 11 is 0. The van der Waals surface area contributed by atoms with Gasteiger partial charge in [-0.2, -0.15) is 13.2 Å². The van der Waals surface area contributed by atoms with Gasteiger partial charge < -0.3 is 30.6 Å². The van der Waals surface area contributed by atoms with Crippen LogP contribution < -0.4 is 21.1 Å². The molecule has 2 aliphatic heterocycles. The summed E-state index contributed by atoms with van der Waals surface area (Å²) in [7, 11) is 0. The molecule has 0 atom stereocenters. The monoisotopic (exact) mass is 582 g/mol. The normalized spacial score (nSPS) is 15.2. The molecule has 3 aromatic heterocycles. The lowest BCUT2D eigenvalue weighted by molar-refractivity contribution is -0.192. The smallest absolute Gasteiger partial charge is 0.487 e. The Balaban J connectivity index is 0.000000451. The first-order chi connectivity index (χ1) is 20.0. The van der Waals surface area contributed by atoms with Crippen LogP contribution in [0.2, 0.25) is 0 Å². The lowest BCUT2D eigenvalue weighted by atomic mass is 9.87. The zero-order chi connectivity index (χ0) is 29.9. The lowest BCUT2D eigenvalue weighted by Gasteiger charge is -2.33. The summed E-state index contributed by atoms with van der Waals surface area (Å²) in [6.45, 7) is 1.87. The van der Waals surface area contributed by atoms with Crippen molar-refractivity contribution in [1.82, 2.24) is 20.3 Å². The van der Waals surface area contributed by atoms with Crippen LogP contribution in [0.15, 0.2) is 65.7 Å². The quantitative estimate of drug-likeness (QED) is 0.272. The number of piperidine rings is 1. The Morgan fingerprint density at radius 2 is 1.74 bits per heavy atom. The maximum Gasteiger partial charge on any atom is 0.490 e. The molecule has 0 aliphatic carbocycles. The molecule has 1 spiro atoms. The van der Waals surface area contributed by atoms with Crippen molar-refractivity contribution >= 4 is 23.4 Å². The number of hydrogen-bond acceptors (Lipinski definition) is 9. The van der Waals surface area contributed by atoms with Crippen LogP contribution in [0.3, 0.4) is 0 Å². The number of aromatic nitrogens is 3. The Morgan fingerprint density at radius 3 is 2.40 bits per heavy atom. The second kappa shape index (κ2) is 11.5. The van der Waals surface area contributed by atoms with Gasteiger partial charge in [-0.25, -0.2) is 14.8 Å². The molecule has 1 fully saturated rings. The number of carbonyl (C=O) groups is 2. The molecule has 11 nitrogen and oxygen atoms in total. The molecule has 0 radical (unpaired) electrons. The summed E-state index contributed by atoms with van der Waals surface area (Å²) in [5, 5.41) is 13.6. The minimum absolute atomic E-state index is 0.169. The predicted octanol–water partition coefficient (Wildman–Crippen LogP) is 4.32. The Labute approximate surface area is 237 Å². The van der Waals surface area contributed by atoms with Crippen LogP contribution in [0.25, 0.3) is 22.6 Å². The number of carbonyl (C=O) groups excluding carboxylic acids is 1. The second-order valence-corrected chi connectivity index (χ2v) is 9.72. The van der Waals surface area contributed by atoms with Crippen LogP contribution in [0, 0.1) is 0 Å². The van der Waals surface area contributed by atoms with E-state index in [-0.39, 0.29) is 17.2 Å². The van der Waals surface area contributed by atoms with Crippen molar-refractivity contribution in [3.05, 3.63) is 72.5 Å². The van der Waals surface area contributed by atoms with Crippen LogP contribution in [0.1, 0.15) is 28.9 Å². The van der Waals surface area contributed by atoms with Crippen LogP contribution in [-0.4, -0.2) is 56.8 Å². The van der Waals surface area contributed by atoms with Gasteiger partial charge in [-0.15, -0.1) is 0 Å². The number of rotatable bonds is 4. The molecule has 5 heterocycles. The van der Waals surface area contributed by atoms with E-state index in [9.17, 15) is 18.0 Å². The van der Waals surface area contributed by atoms with E-state index in [0.717, 1.165) is 54.8 Å².